The molecular weight excluding hydrogens is 509 g/mol. The number of carbonyl (C=O) groups excluding carboxylic acids is 2. The molecule has 0 aliphatic carbocycles. The van der Waals surface area contributed by atoms with Crippen LogP contribution >= 0.6 is 22.9 Å². The monoisotopic (exact) mass is 525 g/mol. The lowest BCUT2D eigenvalue weighted by Crippen LogP contribution is -2.29. The SMILES string of the molecule is COc1cccc(OC)c1/C(O)=C1\C(=O)C(=O)N(c2nc3cc(Cl)c(F)cc3s2)C1c1ccccn1. The lowest BCUT2D eigenvalue weighted by atomic mass is 9.97. The van der Waals surface area contributed by atoms with Crippen molar-refractivity contribution in [1.82, 2.24) is 9.97 Å². The molecule has 2 aromatic carbocycles. The summed E-state index contributed by atoms with van der Waals surface area (Å²) < 4.78 is 25.3. The van der Waals surface area contributed by atoms with Crippen LogP contribution in [0.25, 0.3) is 16.0 Å². The maximum atomic E-state index is 14.1. The first-order valence-corrected chi connectivity index (χ1v) is 11.7. The lowest BCUT2D eigenvalue weighted by Gasteiger charge is -2.22. The Hall–Kier alpha value is -4.02. The fourth-order valence-corrected chi connectivity index (χ4v) is 5.24. The van der Waals surface area contributed by atoms with Crippen molar-refractivity contribution in [2.24, 2.45) is 0 Å². The highest BCUT2D eigenvalue weighted by Crippen LogP contribution is 2.46. The van der Waals surface area contributed by atoms with Gasteiger partial charge in [-0.2, -0.15) is 0 Å². The predicted octanol–water partition coefficient (Wildman–Crippen LogP) is 5.13. The molecule has 1 unspecified atom stereocenters. The summed E-state index contributed by atoms with van der Waals surface area (Å²) in [5, 5.41) is 11.5. The summed E-state index contributed by atoms with van der Waals surface area (Å²) in [6, 6.07) is 11.3. The molecule has 1 aliphatic heterocycles. The summed E-state index contributed by atoms with van der Waals surface area (Å²) in [6.45, 7) is 0. The van der Waals surface area contributed by atoms with E-state index in [0.29, 0.717) is 15.9 Å². The van der Waals surface area contributed by atoms with Crippen LogP contribution in [0, 0.1) is 5.82 Å². The molecule has 0 saturated carbocycles. The molecule has 0 radical (unpaired) electrons. The van der Waals surface area contributed by atoms with Crippen molar-refractivity contribution in [2.45, 2.75) is 6.04 Å². The number of Topliss-reactive ketones (excluding diaryl/α,β-unsaturated/α-hetero) is 1. The maximum Gasteiger partial charge on any atom is 0.301 e. The lowest BCUT2D eigenvalue weighted by molar-refractivity contribution is -0.132. The molecule has 5 rings (SSSR count). The summed E-state index contributed by atoms with van der Waals surface area (Å²) in [7, 11) is 2.82. The number of hydrogen-bond donors (Lipinski definition) is 1. The maximum absolute atomic E-state index is 14.1. The number of aliphatic hydroxyl groups excluding tert-OH is 1. The molecular formula is C25H17ClFN3O5S. The van der Waals surface area contributed by atoms with Crippen molar-refractivity contribution < 1.29 is 28.6 Å². The highest BCUT2D eigenvalue weighted by atomic mass is 35.5. The summed E-state index contributed by atoms with van der Waals surface area (Å²) in [6.07, 6.45) is 1.51. The third-order valence-corrected chi connectivity index (χ3v) is 7.01. The molecule has 1 N–H and O–H groups in total. The number of hydrogen-bond acceptors (Lipinski definition) is 8. The van der Waals surface area contributed by atoms with Gasteiger partial charge in [0.05, 0.1) is 40.7 Å². The number of anilines is 1. The van der Waals surface area contributed by atoms with Gasteiger partial charge < -0.3 is 14.6 Å². The molecule has 1 atom stereocenters. The molecule has 0 bridgehead atoms. The quantitative estimate of drug-likeness (QED) is 0.219. The van der Waals surface area contributed by atoms with Crippen LogP contribution in [0.15, 0.2) is 60.3 Å². The van der Waals surface area contributed by atoms with Crippen LogP contribution < -0.4 is 14.4 Å². The first-order valence-electron chi connectivity index (χ1n) is 10.5. The summed E-state index contributed by atoms with van der Waals surface area (Å²) in [5.41, 5.74) is 0.564. The van der Waals surface area contributed by atoms with E-state index in [9.17, 15) is 19.1 Å². The largest absolute Gasteiger partial charge is 0.506 e. The van der Waals surface area contributed by atoms with Crippen LogP contribution in [0.4, 0.5) is 9.52 Å². The molecule has 3 heterocycles. The standard InChI is InChI=1S/C25H17ClFN3O5S/c1-34-16-7-5-8-17(35-2)19(16)22(31)20-21(14-6-3-4-9-28-14)30(24(33)23(20)32)25-29-15-10-12(26)13(27)11-18(15)36-25/h3-11,21,31H,1-2H3/b22-20+. The minimum absolute atomic E-state index is 0.111. The highest BCUT2D eigenvalue weighted by Gasteiger charge is 2.49. The third-order valence-electron chi connectivity index (χ3n) is 5.70. The van der Waals surface area contributed by atoms with Gasteiger partial charge >= 0.3 is 5.91 Å². The number of thiazole rings is 1. The number of aliphatic hydroxyl groups is 1. The zero-order valence-corrected chi connectivity index (χ0v) is 20.4. The second-order valence-electron chi connectivity index (χ2n) is 7.69. The van der Waals surface area contributed by atoms with Crippen molar-refractivity contribution in [1.29, 1.82) is 0 Å². The number of aromatic nitrogens is 2. The Morgan fingerprint density at radius 1 is 1.11 bits per heavy atom. The van der Waals surface area contributed by atoms with E-state index in [0.717, 1.165) is 16.2 Å². The number of halogens is 2. The first-order chi connectivity index (χ1) is 17.3. The normalized spacial score (nSPS) is 17.1. The summed E-state index contributed by atoms with van der Waals surface area (Å²) in [4.78, 5) is 36.7. The van der Waals surface area contributed by atoms with Gasteiger partial charge in [-0.15, -0.1) is 0 Å². The van der Waals surface area contributed by atoms with Crippen LogP contribution in [0.5, 0.6) is 11.5 Å². The van der Waals surface area contributed by atoms with Gasteiger partial charge in [0.15, 0.2) is 5.13 Å². The molecule has 1 aliphatic rings. The number of ketones is 1. The number of nitrogens with zero attached hydrogens (tertiary/aromatic N) is 3. The number of rotatable bonds is 5. The number of benzene rings is 2. The molecule has 182 valence electrons. The van der Waals surface area contributed by atoms with Crippen LogP contribution in [-0.4, -0.2) is 41.0 Å². The van der Waals surface area contributed by atoms with Gasteiger partial charge in [0.1, 0.15) is 34.7 Å². The minimum Gasteiger partial charge on any atom is -0.506 e. The summed E-state index contributed by atoms with van der Waals surface area (Å²) in [5.74, 6) is -2.51. The van der Waals surface area contributed by atoms with Gasteiger partial charge in [0.2, 0.25) is 0 Å². The number of carbonyl (C=O) groups is 2. The van der Waals surface area contributed by atoms with E-state index in [2.05, 4.69) is 9.97 Å². The Balaban J connectivity index is 1.77. The summed E-state index contributed by atoms with van der Waals surface area (Å²) >= 11 is 6.91. The molecule has 2 aromatic heterocycles. The van der Waals surface area contributed by atoms with E-state index < -0.39 is 29.3 Å². The number of ether oxygens (including phenoxy) is 2. The number of fused-ring (bicyclic) bond motifs is 1. The highest BCUT2D eigenvalue weighted by molar-refractivity contribution is 7.22. The Morgan fingerprint density at radius 3 is 2.47 bits per heavy atom. The molecule has 36 heavy (non-hydrogen) atoms. The van der Waals surface area contributed by atoms with Crippen molar-refractivity contribution in [3.05, 3.63) is 82.4 Å². The van der Waals surface area contributed by atoms with Crippen molar-refractivity contribution >= 4 is 55.7 Å². The second-order valence-corrected chi connectivity index (χ2v) is 9.11. The van der Waals surface area contributed by atoms with Crippen molar-refractivity contribution in [3.8, 4) is 11.5 Å². The molecule has 1 saturated heterocycles. The first kappa shape index (κ1) is 23.7. The molecule has 0 spiro atoms. The van der Waals surface area contributed by atoms with Gasteiger partial charge in [0.25, 0.3) is 5.78 Å². The van der Waals surface area contributed by atoms with Crippen LogP contribution in [0.2, 0.25) is 5.02 Å². The van der Waals surface area contributed by atoms with E-state index in [1.54, 1.807) is 36.4 Å². The molecule has 11 heteroatoms. The van der Waals surface area contributed by atoms with Gasteiger partial charge in [-0.05, 0) is 36.4 Å². The van der Waals surface area contributed by atoms with E-state index >= 15 is 0 Å². The molecule has 1 fully saturated rings. The van der Waals surface area contributed by atoms with E-state index in [-0.39, 0.29) is 32.8 Å². The van der Waals surface area contributed by atoms with E-state index in [1.165, 1.54) is 32.5 Å². The topological polar surface area (TPSA) is 102 Å². The molecule has 1 amide bonds. The fourth-order valence-electron chi connectivity index (χ4n) is 4.08. The molecule has 4 aromatic rings. The Bertz CT molecular complexity index is 1500. The van der Waals surface area contributed by atoms with Gasteiger partial charge in [-0.3, -0.25) is 19.5 Å². The average Bonchev–Trinajstić information content (AvgIpc) is 3.41. The third kappa shape index (κ3) is 3.75. The average molecular weight is 526 g/mol. The minimum atomic E-state index is -1.12. The number of amides is 1. The predicted molar refractivity (Wildman–Crippen MR) is 133 cm³/mol. The smallest absolute Gasteiger partial charge is 0.301 e. The van der Waals surface area contributed by atoms with Gasteiger partial charge in [-0.25, -0.2) is 9.37 Å². The van der Waals surface area contributed by atoms with Gasteiger partial charge in [-0.1, -0.05) is 35.1 Å². The zero-order valence-electron chi connectivity index (χ0n) is 18.9. The fraction of sp³-hybridized carbons (Fsp3) is 0.120. The van der Waals surface area contributed by atoms with E-state index in [1.807, 2.05) is 0 Å². The number of pyridine rings is 1. The van der Waals surface area contributed by atoms with Gasteiger partial charge in [0, 0.05) is 6.20 Å². The van der Waals surface area contributed by atoms with Crippen LogP contribution in [0.3, 0.4) is 0 Å². The molecule has 8 nitrogen and oxygen atoms in total. The van der Waals surface area contributed by atoms with Crippen LogP contribution in [-0.2, 0) is 9.59 Å². The Kier molecular flexibility index (Phi) is 6.07. The van der Waals surface area contributed by atoms with Crippen LogP contribution in [0.1, 0.15) is 17.3 Å². The zero-order chi connectivity index (χ0) is 25.6. The Labute approximate surface area is 213 Å². The van der Waals surface area contributed by atoms with E-state index in [4.69, 9.17) is 21.1 Å². The van der Waals surface area contributed by atoms with Crippen molar-refractivity contribution in [3.63, 3.8) is 0 Å². The Morgan fingerprint density at radius 2 is 1.83 bits per heavy atom. The van der Waals surface area contributed by atoms with Crippen molar-refractivity contribution in [2.75, 3.05) is 19.1 Å². The second kappa shape index (κ2) is 9.21. The number of methoxy groups -OCH3 is 2.